The molecule has 0 radical (unpaired) electrons. The normalized spacial score (nSPS) is 14.5. The zero-order chi connectivity index (χ0) is 25.0. The van der Waals surface area contributed by atoms with E-state index in [9.17, 15) is 18.0 Å². The van der Waals surface area contributed by atoms with Crippen LogP contribution in [0.25, 0.3) is 10.9 Å². The maximum Gasteiger partial charge on any atom is 0.339 e. The molecule has 0 unspecified atom stereocenters. The molecule has 0 bridgehead atoms. The summed E-state index contributed by atoms with van der Waals surface area (Å²) < 4.78 is 38.0. The smallest absolute Gasteiger partial charge is 0.339 e. The lowest BCUT2D eigenvalue weighted by atomic mass is 10.1. The van der Waals surface area contributed by atoms with Crippen molar-refractivity contribution in [2.24, 2.45) is 0 Å². The number of hydrogen-bond acceptors (Lipinski definition) is 7. The maximum atomic E-state index is 13.0. The Morgan fingerprint density at radius 3 is 2.54 bits per heavy atom. The summed E-state index contributed by atoms with van der Waals surface area (Å²) in [5.74, 6) is -0.993. The second-order valence-electron chi connectivity index (χ2n) is 8.28. The molecule has 1 amide bonds. The van der Waals surface area contributed by atoms with Crippen LogP contribution in [0.1, 0.15) is 35.3 Å². The molecule has 10 heteroatoms. The number of piperidine rings is 1. The van der Waals surface area contributed by atoms with Crippen molar-refractivity contribution in [2.75, 3.05) is 32.1 Å². The van der Waals surface area contributed by atoms with Crippen LogP contribution in [0.15, 0.2) is 53.4 Å². The molecule has 184 valence electrons. The van der Waals surface area contributed by atoms with E-state index in [4.69, 9.17) is 9.47 Å². The Morgan fingerprint density at radius 2 is 1.80 bits per heavy atom. The van der Waals surface area contributed by atoms with Crippen molar-refractivity contribution >= 4 is 38.5 Å². The third-order valence-electron chi connectivity index (χ3n) is 5.80. The second-order valence-corrected chi connectivity index (χ2v) is 10.2. The van der Waals surface area contributed by atoms with Crippen molar-refractivity contribution in [3.05, 3.63) is 59.8 Å². The van der Waals surface area contributed by atoms with Crippen LogP contribution in [-0.4, -0.2) is 56.4 Å². The van der Waals surface area contributed by atoms with E-state index in [1.54, 1.807) is 31.2 Å². The number of nitrogens with one attached hydrogen (secondary N) is 1. The van der Waals surface area contributed by atoms with Crippen LogP contribution in [0.2, 0.25) is 0 Å². The number of ether oxygens (including phenoxy) is 2. The van der Waals surface area contributed by atoms with Gasteiger partial charge in [-0.3, -0.25) is 9.78 Å². The molecule has 1 aromatic heterocycles. The van der Waals surface area contributed by atoms with Crippen LogP contribution in [0, 0.1) is 6.92 Å². The summed E-state index contributed by atoms with van der Waals surface area (Å²) in [5, 5.41) is 3.22. The number of pyridine rings is 1. The highest BCUT2D eigenvalue weighted by Crippen LogP contribution is 2.30. The number of benzene rings is 2. The number of para-hydroxylation sites is 1. The van der Waals surface area contributed by atoms with E-state index in [0.717, 1.165) is 19.3 Å². The number of nitrogens with zero attached hydrogens (tertiary/aromatic N) is 2. The molecule has 9 nitrogen and oxygen atoms in total. The van der Waals surface area contributed by atoms with Crippen LogP contribution >= 0.6 is 0 Å². The Balaban J connectivity index is 1.48. The van der Waals surface area contributed by atoms with Gasteiger partial charge in [0.2, 0.25) is 10.0 Å². The zero-order valence-electron chi connectivity index (χ0n) is 19.6. The number of esters is 1. The van der Waals surface area contributed by atoms with Crippen molar-refractivity contribution in [2.45, 2.75) is 31.1 Å². The molecule has 3 aromatic rings. The predicted molar refractivity (Wildman–Crippen MR) is 131 cm³/mol. The van der Waals surface area contributed by atoms with E-state index in [1.165, 1.54) is 29.6 Å². The summed E-state index contributed by atoms with van der Waals surface area (Å²) in [6, 6.07) is 13.1. The summed E-state index contributed by atoms with van der Waals surface area (Å²) in [5.41, 5.74) is 1.79. The van der Waals surface area contributed by atoms with Crippen LogP contribution in [0.3, 0.4) is 0 Å². The maximum absolute atomic E-state index is 13.0. The Morgan fingerprint density at radius 1 is 1.06 bits per heavy atom. The van der Waals surface area contributed by atoms with Gasteiger partial charge in [0.05, 0.1) is 28.8 Å². The van der Waals surface area contributed by atoms with Gasteiger partial charge >= 0.3 is 5.97 Å². The van der Waals surface area contributed by atoms with Gasteiger partial charge in [-0.25, -0.2) is 13.2 Å². The van der Waals surface area contributed by atoms with Gasteiger partial charge in [0, 0.05) is 24.2 Å². The van der Waals surface area contributed by atoms with Crippen molar-refractivity contribution < 1.29 is 27.5 Å². The fourth-order valence-electron chi connectivity index (χ4n) is 4.07. The Bertz CT molecular complexity index is 1370. The number of carbonyl (C=O) groups excluding carboxylic acids is 2. The van der Waals surface area contributed by atoms with E-state index in [-0.39, 0.29) is 16.3 Å². The lowest BCUT2D eigenvalue weighted by Gasteiger charge is -2.26. The third kappa shape index (κ3) is 5.44. The number of hydrogen-bond donors (Lipinski definition) is 1. The van der Waals surface area contributed by atoms with E-state index in [2.05, 4.69) is 10.3 Å². The molecule has 35 heavy (non-hydrogen) atoms. The number of anilines is 1. The molecule has 0 aliphatic carbocycles. The molecule has 1 aliphatic rings. The summed E-state index contributed by atoms with van der Waals surface area (Å²) in [7, 11) is -2.28. The first-order valence-corrected chi connectivity index (χ1v) is 12.7. The SMILES string of the molecule is COc1ccc(S(=O)(=O)N2CCCCC2)cc1NC(=O)COC(=O)c1cc(C)nc2ccccc12. The number of sulfonamides is 1. The average Bonchev–Trinajstić information content (AvgIpc) is 2.87. The first-order valence-electron chi connectivity index (χ1n) is 11.3. The molecule has 1 saturated heterocycles. The fourth-order valence-corrected chi connectivity index (χ4v) is 5.62. The Hall–Kier alpha value is -3.50. The lowest BCUT2D eigenvalue weighted by Crippen LogP contribution is -2.35. The summed E-state index contributed by atoms with van der Waals surface area (Å²) >= 11 is 0. The van der Waals surface area contributed by atoms with Gasteiger partial charge < -0.3 is 14.8 Å². The molecule has 2 aromatic carbocycles. The zero-order valence-corrected chi connectivity index (χ0v) is 20.4. The molecular formula is C25H27N3O6S. The fraction of sp³-hybridized carbons (Fsp3) is 0.320. The van der Waals surface area contributed by atoms with Crippen molar-refractivity contribution in [1.82, 2.24) is 9.29 Å². The monoisotopic (exact) mass is 497 g/mol. The van der Waals surface area contributed by atoms with Crippen molar-refractivity contribution in [3.8, 4) is 5.75 Å². The number of amides is 1. The van der Waals surface area contributed by atoms with Gasteiger partial charge in [-0.05, 0) is 50.1 Å². The molecule has 0 saturated carbocycles. The lowest BCUT2D eigenvalue weighted by molar-refractivity contribution is -0.119. The summed E-state index contributed by atoms with van der Waals surface area (Å²) in [4.78, 5) is 29.8. The molecule has 1 fully saturated rings. The number of aromatic nitrogens is 1. The Labute approximate surface area is 204 Å². The van der Waals surface area contributed by atoms with Crippen molar-refractivity contribution in [1.29, 1.82) is 0 Å². The third-order valence-corrected chi connectivity index (χ3v) is 7.69. The molecule has 2 heterocycles. The predicted octanol–water partition coefficient (Wildman–Crippen LogP) is 3.52. The van der Waals surface area contributed by atoms with Crippen LogP contribution in [-0.2, 0) is 19.6 Å². The number of fused-ring (bicyclic) bond motifs is 1. The van der Waals surface area contributed by atoms with Gasteiger partial charge in [-0.1, -0.05) is 24.6 Å². The van der Waals surface area contributed by atoms with Gasteiger partial charge in [-0.15, -0.1) is 0 Å². The Kier molecular flexibility index (Phi) is 7.32. The van der Waals surface area contributed by atoms with Crippen LogP contribution < -0.4 is 10.1 Å². The number of methoxy groups -OCH3 is 1. The van der Waals surface area contributed by atoms with Crippen LogP contribution in [0.5, 0.6) is 5.75 Å². The van der Waals surface area contributed by atoms with E-state index in [0.29, 0.717) is 35.2 Å². The van der Waals surface area contributed by atoms with Gasteiger partial charge in [0.25, 0.3) is 5.91 Å². The highest BCUT2D eigenvalue weighted by Gasteiger charge is 2.27. The minimum atomic E-state index is -3.70. The molecule has 0 atom stereocenters. The molecule has 4 rings (SSSR count). The molecule has 1 aliphatic heterocycles. The molecule has 1 N–H and O–H groups in total. The van der Waals surface area contributed by atoms with E-state index >= 15 is 0 Å². The highest BCUT2D eigenvalue weighted by atomic mass is 32.2. The minimum absolute atomic E-state index is 0.0613. The van der Waals surface area contributed by atoms with Crippen molar-refractivity contribution in [3.63, 3.8) is 0 Å². The van der Waals surface area contributed by atoms with Gasteiger partial charge in [0.1, 0.15) is 5.75 Å². The number of aryl methyl sites for hydroxylation is 1. The standard InChI is InChI=1S/C25H27N3O6S/c1-17-14-20(19-8-4-5-9-21(19)26-17)25(30)34-16-24(29)27-22-15-18(10-11-23(22)33-2)35(31,32)28-12-6-3-7-13-28/h4-5,8-11,14-15H,3,6-7,12-13,16H2,1-2H3,(H,27,29). The average molecular weight is 498 g/mol. The summed E-state index contributed by atoms with van der Waals surface area (Å²) in [6.45, 7) is 2.15. The topological polar surface area (TPSA) is 115 Å². The highest BCUT2D eigenvalue weighted by molar-refractivity contribution is 7.89. The first-order chi connectivity index (χ1) is 16.8. The summed E-state index contributed by atoms with van der Waals surface area (Å²) in [6.07, 6.45) is 2.64. The van der Waals surface area contributed by atoms with Gasteiger partial charge in [-0.2, -0.15) is 4.31 Å². The number of carbonyl (C=O) groups is 2. The van der Waals surface area contributed by atoms with E-state index < -0.39 is 28.5 Å². The minimum Gasteiger partial charge on any atom is -0.495 e. The molecule has 0 spiro atoms. The largest absolute Gasteiger partial charge is 0.495 e. The second kappa shape index (κ2) is 10.4. The molecular weight excluding hydrogens is 470 g/mol. The first kappa shape index (κ1) is 24.6. The van der Waals surface area contributed by atoms with Crippen LogP contribution in [0.4, 0.5) is 5.69 Å². The van der Waals surface area contributed by atoms with Gasteiger partial charge in [0.15, 0.2) is 6.61 Å². The number of rotatable bonds is 7. The van der Waals surface area contributed by atoms with E-state index in [1.807, 2.05) is 6.07 Å². The quantitative estimate of drug-likeness (QED) is 0.497.